The maximum Gasteiger partial charge on any atom is 0.317 e. The van der Waals surface area contributed by atoms with Crippen LogP contribution in [0.5, 0.6) is 5.75 Å². The molecule has 0 aliphatic carbocycles. The van der Waals surface area contributed by atoms with Crippen LogP contribution in [0, 0.1) is 5.92 Å². The molecule has 3 amide bonds. The van der Waals surface area contributed by atoms with Crippen molar-refractivity contribution in [2.24, 2.45) is 5.92 Å². The molecule has 2 rings (SSSR count). The molecule has 1 aliphatic rings. The second-order valence-corrected chi connectivity index (χ2v) is 6.33. The molecule has 1 fully saturated rings. The number of nitrogens with one attached hydrogen (secondary N) is 2. The van der Waals surface area contributed by atoms with Crippen LogP contribution >= 0.6 is 0 Å². The third-order valence-electron chi connectivity index (χ3n) is 4.25. The normalized spacial score (nSPS) is 17.0. The number of likely N-dealkylation sites (tertiary alicyclic amines) is 1. The third-order valence-corrected chi connectivity index (χ3v) is 4.25. The highest BCUT2D eigenvalue weighted by atomic mass is 16.5. The van der Waals surface area contributed by atoms with E-state index in [0.29, 0.717) is 32.8 Å². The molecular weight excluding hydrogens is 318 g/mol. The molecule has 0 bridgehead atoms. The number of rotatable bonds is 7. The van der Waals surface area contributed by atoms with Crippen LogP contribution in [-0.4, -0.2) is 43.1 Å². The van der Waals surface area contributed by atoms with E-state index in [1.807, 2.05) is 31.2 Å². The van der Waals surface area contributed by atoms with Crippen molar-refractivity contribution in [3.05, 3.63) is 29.8 Å². The van der Waals surface area contributed by atoms with Gasteiger partial charge in [0, 0.05) is 26.2 Å². The summed E-state index contributed by atoms with van der Waals surface area (Å²) < 4.78 is 5.61. The molecule has 1 atom stereocenters. The number of hydrogen-bond acceptors (Lipinski definition) is 3. The van der Waals surface area contributed by atoms with Crippen LogP contribution in [-0.2, 0) is 11.3 Å². The zero-order valence-corrected chi connectivity index (χ0v) is 15.2. The van der Waals surface area contributed by atoms with Gasteiger partial charge in [-0.25, -0.2) is 4.79 Å². The molecule has 0 unspecified atom stereocenters. The molecular formula is C19H29N3O3. The lowest BCUT2D eigenvalue weighted by Gasteiger charge is -2.32. The van der Waals surface area contributed by atoms with Crippen molar-refractivity contribution in [1.29, 1.82) is 0 Å². The molecule has 2 N–H and O–H groups in total. The van der Waals surface area contributed by atoms with Crippen LogP contribution in [0.15, 0.2) is 24.3 Å². The number of amides is 3. The lowest BCUT2D eigenvalue weighted by atomic mass is 9.97. The van der Waals surface area contributed by atoms with Crippen LogP contribution in [0.25, 0.3) is 0 Å². The van der Waals surface area contributed by atoms with Gasteiger partial charge in [0.2, 0.25) is 5.91 Å². The molecule has 1 aliphatic heterocycles. The Labute approximate surface area is 149 Å². The van der Waals surface area contributed by atoms with Crippen LogP contribution in [0.1, 0.15) is 38.7 Å². The van der Waals surface area contributed by atoms with E-state index in [4.69, 9.17) is 4.74 Å². The Bertz CT molecular complexity index is 577. The lowest BCUT2D eigenvalue weighted by Crippen LogP contribution is -2.48. The first-order valence-corrected chi connectivity index (χ1v) is 9.16. The van der Waals surface area contributed by atoms with Gasteiger partial charge in [-0.05, 0) is 43.9 Å². The van der Waals surface area contributed by atoms with Crippen molar-refractivity contribution < 1.29 is 14.3 Å². The molecule has 25 heavy (non-hydrogen) atoms. The van der Waals surface area contributed by atoms with E-state index in [9.17, 15) is 9.59 Å². The molecule has 0 saturated carbocycles. The number of carbonyl (C=O) groups excluding carboxylic acids is 2. The molecule has 0 radical (unpaired) electrons. The molecule has 1 aromatic rings. The number of benzene rings is 1. The van der Waals surface area contributed by atoms with E-state index in [1.54, 1.807) is 4.90 Å². The van der Waals surface area contributed by atoms with Crippen molar-refractivity contribution in [2.75, 3.05) is 26.2 Å². The summed E-state index contributed by atoms with van der Waals surface area (Å²) in [6, 6.07) is 7.64. The number of nitrogens with zero attached hydrogens (tertiary/aromatic N) is 1. The topological polar surface area (TPSA) is 70.7 Å². The standard InChI is InChI=1S/C19H29N3O3/c1-3-11-25-17-9-5-7-15(12-17)13-21-19(24)22-10-6-8-16(14-22)18(23)20-4-2/h5,7,9,12,16H,3-4,6,8,10-11,13-14H2,1-2H3,(H,20,23)(H,21,24)/t16-/m1/s1. The van der Waals surface area contributed by atoms with Crippen molar-refractivity contribution >= 4 is 11.9 Å². The highest BCUT2D eigenvalue weighted by Crippen LogP contribution is 2.17. The highest BCUT2D eigenvalue weighted by molar-refractivity contribution is 5.80. The summed E-state index contributed by atoms with van der Waals surface area (Å²) in [6.45, 7) is 6.91. The summed E-state index contributed by atoms with van der Waals surface area (Å²) >= 11 is 0. The van der Waals surface area contributed by atoms with Crippen LogP contribution in [0.4, 0.5) is 4.79 Å². The van der Waals surface area contributed by atoms with Gasteiger partial charge in [0.1, 0.15) is 5.75 Å². The van der Waals surface area contributed by atoms with Crippen LogP contribution < -0.4 is 15.4 Å². The molecule has 138 valence electrons. The Hall–Kier alpha value is -2.24. The molecule has 1 saturated heterocycles. The molecule has 6 heteroatoms. The molecule has 1 heterocycles. The molecule has 1 aromatic carbocycles. The fraction of sp³-hybridized carbons (Fsp3) is 0.579. The van der Waals surface area contributed by atoms with Gasteiger partial charge >= 0.3 is 6.03 Å². The Morgan fingerprint density at radius 3 is 2.88 bits per heavy atom. The van der Waals surface area contributed by atoms with Gasteiger partial charge < -0.3 is 20.3 Å². The van der Waals surface area contributed by atoms with E-state index in [-0.39, 0.29) is 17.9 Å². The number of urea groups is 1. The van der Waals surface area contributed by atoms with Gasteiger partial charge in [-0.3, -0.25) is 4.79 Å². The summed E-state index contributed by atoms with van der Waals surface area (Å²) in [4.78, 5) is 26.1. The number of carbonyl (C=O) groups is 2. The van der Waals surface area contributed by atoms with E-state index < -0.39 is 0 Å². The first kappa shape index (κ1) is 19.1. The maximum absolute atomic E-state index is 12.4. The van der Waals surface area contributed by atoms with Gasteiger partial charge in [0.25, 0.3) is 0 Å². The zero-order valence-electron chi connectivity index (χ0n) is 15.2. The quantitative estimate of drug-likeness (QED) is 0.796. The van der Waals surface area contributed by atoms with E-state index in [2.05, 4.69) is 17.6 Å². The monoisotopic (exact) mass is 347 g/mol. The van der Waals surface area contributed by atoms with E-state index >= 15 is 0 Å². The van der Waals surface area contributed by atoms with Gasteiger partial charge in [0.05, 0.1) is 12.5 Å². The average Bonchev–Trinajstić information content (AvgIpc) is 2.65. The Balaban J connectivity index is 1.84. The average molecular weight is 347 g/mol. The smallest absolute Gasteiger partial charge is 0.317 e. The molecule has 0 spiro atoms. The van der Waals surface area contributed by atoms with Gasteiger partial charge in [-0.1, -0.05) is 19.1 Å². The fourth-order valence-electron chi connectivity index (χ4n) is 2.95. The highest BCUT2D eigenvalue weighted by Gasteiger charge is 2.27. The van der Waals surface area contributed by atoms with Gasteiger partial charge in [-0.2, -0.15) is 0 Å². The number of ether oxygens (including phenoxy) is 1. The number of piperidine rings is 1. The minimum absolute atomic E-state index is 0.0424. The van der Waals surface area contributed by atoms with Crippen molar-refractivity contribution in [3.63, 3.8) is 0 Å². The minimum atomic E-state index is -0.117. The Kier molecular flexibility index (Phi) is 7.57. The van der Waals surface area contributed by atoms with Gasteiger partial charge in [0.15, 0.2) is 0 Å². The second-order valence-electron chi connectivity index (χ2n) is 6.33. The first-order valence-electron chi connectivity index (χ1n) is 9.16. The summed E-state index contributed by atoms with van der Waals surface area (Å²) in [5.74, 6) is 0.758. The summed E-state index contributed by atoms with van der Waals surface area (Å²) in [5.41, 5.74) is 0.999. The lowest BCUT2D eigenvalue weighted by molar-refractivity contribution is -0.126. The first-order chi connectivity index (χ1) is 12.1. The third kappa shape index (κ3) is 5.96. The predicted molar refractivity (Wildman–Crippen MR) is 97.4 cm³/mol. The SMILES string of the molecule is CCCOc1cccc(CNC(=O)N2CCC[C@@H](C(=O)NCC)C2)c1. The molecule has 0 aromatic heterocycles. The maximum atomic E-state index is 12.4. The molecule has 6 nitrogen and oxygen atoms in total. The summed E-state index contributed by atoms with van der Waals surface area (Å²) in [5, 5.41) is 5.79. The van der Waals surface area contributed by atoms with Crippen LogP contribution in [0.3, 0.4) is 0 Å². The van der Waals surface area contributed by atoms with Crippen LogP contribution in [0.2, 0.25) is 0 Å². The second kappa shape index (κ2) is 9.91. The van der Waals surface area contributed by atoms with E-state index in [1.165, 1.54) is 0 Å². The minimum Gasteiger partial charge on any atom is -0.494 e. The Morgan fingerprint density at radius 2 is 2.12 bits per heavy atom. The fourth-order valence-corrected chi connectivity index (χ4v) is 2.95. The van der Waals surface area contributed by atoms with Crippen molar-refractivity contribution in [2.45, 2.75) is 39.7 Å². The summed E-state index contributed by atoms with van der Waals surface area (Å²) in [7, 11) is 0. The van der Waals surface area contributed by atoms with Crippen molar-refractivity contribution in [3.8, 4) is 5.75 Å². The predicted octanol–water partition coefficient (Wildman–Crippen LogP) is 2.53. The Morgan fingerprint density at radius 1 is 1.28 bits per heavy atom. The zero-order chi connectivity index (χ0) is 18.1. The largest absolute Gasteiger partial charge is 0.494 e. The van der Waals surface area contributed by atoms with E-state index in [0.717, 1.165) is 30.6 Å². The van der Waals surface area contributed by atoms with Gasteiger partial charge in [-0.15, -0.1) is 0 Å². The summed E-state index contributed by atoms with van der Waals surface area (Å²) in [6.07, 6.45) is 2.66. The number of hydrogen-bond donors (Lipinski definition) is 2. The van der Waals surface area contributed by atoms with Crippen molar-refractivity contribution in [1.82, 2.24) is 15.5 Å².